The number of nitrogens with two attached hydrogens (primary N) is 1. The normalized spacial score (nSPS) is 12.2. The molecule has 1 rings (SSSR count). The van der Waals surface area contributed by atoms with Gasteiger partial charge < -0.3 is 11.1 Å². The van der Waals surface area contributed by atoms with E-state index >= 15 is 0 Å². The molecule has 3 N–H and O–H groups in total. The molecule has 0 aromatic carbocycles. The van der Waals surface area contributed by atoms with Crippen LogP contribution in [0, 0.1) is 0 Å². The summed E-state index contributed by atoms with van der Waals surface area (Å²) in [5.74, 6) is 1.04. The molecule has 1 atom stereocenters. The van der Waals surface area contributed by atoms with Crippen LogP contribution in [-0.4, -0.2) is 33.9 Å². The molecule has 16 heavy (non-hydrogen) atoms. The van der Waals surface area contributed by atoms with E-state index in [0.29, 0.717) is 16.8 Å². The Morgan fingerprint density at radius 2 is 2.38 bits per heavy atom. The molecule has 0 aliphatic carbocycles. The lowest BCUT2D eigenvalue weighted by atomic mass is 10.2. The largest absolute Gasteiger partial charge is 0.320 e. The molecule has 5 nitrogen and oxygen atoms in total. The smallest absolute Gasteiger partial charge is 0.242 e. The molecule has 88 valence electrons. The minimum absolute atomic E-state index is 0.231. The summed E-state index contributed by atoms with van der Waals surface area (Å²) >= 11 is 4.82. The minimum Gasteiger partial charge on any atom is -0.320 e. The topological polar surface area (TPSA) is 80.9 Å². The summed E-state index contributed by atoms with van der Waals surface area (Å²) in [7, 11) is 0. The average molecular weight is 305 g/mol. The second-order valence-corrected chi connectivity index (χ2v) is 4.90. The van der Waals surface area contributed by atoms with Gasteiger partial charge in [-0.3, -0.25) is 4.79 Å². The molecular formula is C9H13BrN4OS. The predicted molar refractivity (Wildman–Crippen MR) is 69.3 cm³/mol. The van der Waals surface area contributed by atoms with Gasteiger partial charge in [-0.1, -0.05) is 0 Å². The summed E-state index contributed by atoms with van der Waals surface area (Å²) in [6, 6.07) is -0.502. The van der Waals surface area contributed by atoms with E-state index in [4.69, 9.17) is 5.73 Å². The Labute approximate surface area is 107 Å². The first-order chi connectivity index (χ1) is 7.63. The number of nitrogens with zero attached hydrogens (tertiary/aromatic N) is 2. The van der Waals surface area contributed by atoms with Crippen LogP contribution in [0.1, 0.15) is 6.42 Å². The number of nitrogens with one attached hydrogen (secondary N) is 1. The number of aromatic nitrogens is 2. The zero-order valence-electron chi connectivity index (χ0n) is 8.81. The minimum atomic E-state index is -0.502. The number of carbonyl (C=O) groups excluding carboxylic acids is 1. The van der Waals surface area contributed by atoms with Gasteiger partial charge in [-0.05, 0) is 34.4 Å². The Bertz CT molecular complexity index is 346. The van der Waals surface area contributed by atoms with Crippen molar-refractivity contribution >= 4 is 39.4 Å². The van der Waals surface area contributed by atoms with Crippen molar-refractivity contribution in [1.82, 2.24) is 9.97 Å². The zero-order chi connectivity index (χ0) is 12.0. The summed E-state index contributed by atoms with van der Waals surface area (Å²) in [5.41, 5.74) is 5.70. The predicted octanol–water partition coefficient (Wildman–Crippen LogP) is 1.26. The number of amides is 1. The summed E-state index contributed by atoms with van der Waals surface area (Å²) < 4.78 is 0.622. The summed E-state index contributed by atoms with van der Waals surface area (Å²) in [4.78, 5) is 19.5. The highest BCUT2D eigenvalue weighted by Gasteiger charge is 2.13. The van der Waals surface area contributed by atoms with Gasteiger partial charge in [0.1, 0.15) is 4.60 Å². The molecule has 1 heterocycles. The zero-order valence-corrected chi connectivity index (χ0v) is 11.2. The fourth-order valence-electron chi connectivity index (χ4n) is 0.972. The molecule has 1 aromatic heterocycles. The van der Waals surface area contributed by atoms with Crippen molar-refractivity contribution in [2.75, 3.05) is 17.3 Å². The van der Waals surface area contributed by atoms with Crippen LogP contribution in [0.4, 0.5) is 5.82 Å². The van der Waals surface area contributed by atoms with Crippen LogP contribution >= 0.6 is 27.7 Å². The van der Waals surface area contributed by atoms with E-state index in [2.05, 4.69) is 31.2 Å². The molecular weight excluding hydrogens is 292 g/mol. The van der Waals surface area contributed by atoms with Crippen LogP contribution in [0.5, 0.6) is 0 Å². The van der Waals surface area contributed by atoms with E-state index in [9.17, 15) is 4.79 Å². The monoisotopic (exact) mass is 304 g/mol. The molecule has 0 bridgehead atoms. The van der Waals surface area contributed by atoms with Gasteiger partial charge in [0.15, 0.2) is 5.82 Å². The van der Waals surface area contributed by atoms with Crippen molar-refractivity contribution in [1.29, 1.82) is 0 Å². The average Bonchev–Trinajstić information content (AvgIpc) is 2.29. The number of anilines is 1. The van der Waals surface area contributed by atoms with Gasteiger partial charge in [0, 0.05) is 0 Å². The van der Waals surface area contributed by atoms with Crippen LogP contribution in [-0.2, 0) is 4.79 Å². The Morgan fingerprint density at radius 3 is 2.94 bits per heavy atom. The molecule has 0 saturated heterocycles. The first-order valence-corrected chi connectivity index (χ1v) is 6.85. The molecule has 0 fully saturated rings. The maximum atomic E-state index is 11.6. The first kappa shape index (κ1) is 13.4. The first-order valence-electron chi connectivity index (χ1n) is 4.66. The number of carbonyl (C=O) groups is 1. The molecule has 0 aliphatic heterocycles. The van der Waals surface area contributed by atoms with Crippen LogP contribution in [0.15, 0.2) is 17.0 Å². The van der Waals surface area contributed by atoms with Crippen molar-refractivity contribution in [2.24, 2.45) is 5.73 Å². The highest BCUT2D eigenvalue weighted by atomic mass is 79.9. The fraction of sp³-hybridized carbons (Fsp3) is 0.444. The summed E-state index contributed by atoms with van der Waals surface area (Å²) in [6.07, 6.45) is 5.62. The van der Waals surface area contributed by atoms with E-state index in [1.807, 2.05) is 6.26 Å². The Kier molecular flexibility index (Phi) is 5.72. The Balaban J connectivity index is 2.47. The van der Waals surface area contributed by atoms with Gasteiger partial charge in [-0.2, -0.15) is 11.8 Å². The van der Waals surface area contributed by atoms with Crippen LogP contribution in [0.25, 0.3) is 0 Å². The van der Waals surface area contributed by atoms with E-state index < -0.39 is 6.04 Å². The number of thioether (sulfide) groups is 1. The van der Waals surface area contributed by atoms with Gasteiger partial charge in [0.05, 0.1) is 18.4 Å². The third kappa shape index (κ3) is 4.46. The third-order valence-electron chi connectivity index (χ3n) is 1.84. The summed E-state index contributed by atoms with van der Waals surface area (Å²) in [6.45, 7) is 0. The lowest BCUT2D eigenvalue weighted by Gasteiger charge is -2.10. The maximum Gasteiger partial charge on any atom is 0.242 e. The van der Waals surface area contributed by atoms with Crippen molar-refractivity contribution in [3.05, 3.63) is 17.0 Å². The Morgan fingerprint density at radius 1 is 1.62 bits per heavy atom. The Hall–Kier alpha value is -0.660. The van der Waals surface area contributed by atoms with Crippen molar-refractivity contribution < 1.29 is 4.79 Å². The van der Waals surface area contributed by atoms with Crippen LogP contribution in [0.3, 0.4) is 0 Å². The molecule has 0 saturated carbocycles. The standard InChI is InChI=1S/C9H13BrN4OS/c1-16-3-2-6(11)9(15)14-8-5-12-7(10)4-13-8/h4-6H,2-3,11H2,1H3,(H,13,14,15)/t6-/m0/s1. The quantitative estimate of drug-likeness (QED) is 0.856. The lowest BCUT2D eigenvalue weighted by molar-refractivity contribution is -0.117. The second kappa shape index (κ2) is 6.82. The third-order valence-corrected chi connectivity index (χ3v) is 2.89. The van der Waals surface area contributed by atoms with Gasteiger partial charge in [-0.25, -0.2) is 9.97 Å². The van der Waals surface area contributed by atoms with Crippen molar-refractivity contribution in [3.63, 3.8) is 0 Å². The number of halogens is 1. The van der Waals surface area contributed by atoms with E-state index in [1.54, 1.807) is 11.8 Å². The van der Waals surface area contributed by atoms with Gasteiger partial charge in [-0.15, -0.1) is 0 Å². The number of rotatable bonds is 5. The van der Waals surface area contributed by atoms with Gasteiger partial charge >= 0.3 is 0 Å². The van der Waals surface area contributed by atoms with Crippen LogP contribution < -0.4 is 11.1 Å². The molecule has 7 heteroatoms. The van der Waals surface area contributed by atoms with Gasteiger partial charge in [0.25, 0.3) is 0 Å². The molecule has 0 radical (unpaired) electrons. The van der Waals surface area contributed by atoms with E-state index in [1.165, 1.54) is 12.4 Å². The molecule has 0 spiro atoms. The van der Waals surface area contributed by atoms with E-state index in [0.717, 1.165) is 5.75 Å². The molecule has 0 unspecified atom stereocenters. The number of hydrogen-bond donors (Lipinski definition) is 2. The fourth-order valence-corrected chi connectivity index (χ4v) is 1.67. The maximum absolute atomic E-state index is 11.6. The highest BCUT2D eigenvalue weighted by Crippen LogP contribution is 2.07. The molecule has 0 aliphatic rings. The SMILES string of the molecule is CSCC[C@H](N)C(=O)Nc1cnc(Br)cn1. The van der Waals surface area contributed by atoms with Crippen molar-refractivity contribution in [2.45, 2.75) is 12.5 Å². The lowest BCUT2D eigenvalue weighted by Crippen LogP contribution is -2.36. The molecule has 1 amide bonds. The molecule has 1 aromatic rings. The van der Waals surface area contributed by atoms with Crippen LogP contribution in [0.2, 0.25) is 0 Å². The van der Waals surface area contributed by atoms with E-state index in [-0.39, 0.29) is 5.91 Å². The summed E-state index contributed by atoms with van der Waals surface area (Å²) in [5, 5.41) is 2.61. The number of hydrogen-bond acceptors (Lipinski definition) is 5. The van der Waals surface area contributed by atoms with Crippen molar-refractivity contribution in [3.8, 4) is 0 Å². The van der Waals surface area contributed by atoms with Gasteiger partial charge in [0.2, 0.25) is 5.91 Å². The second-order valence-electron chi connectivity index (χ2n) is 3.10. The highest BCUT2D eigenvalue weighted by molar-refractivity contribution is 9.10.